The lowest BCUT2D eigenvalue weighted by molar-refractivity contribution is -0.122. The van der Waals surface area contributed by atoms with E-state index < -0.39 is 0 Å². The largest absolute Gasteiger partial charge is 0.490 e. The second-order valence-corrected chi connectivity index (χ2v) is 9.99. The first kappa shape index (κ1) is 24.4. The molecular formula is C22H20BrCl2NO3S2. The Morgan fingerprint density at radius 3 is 2.65 bits per heavy atom. The van der Waals surface area contributed by atoms with Gasteiger partial charge >= 0.3 is 0 Å². The smallest absolute Gasteiger partial charge is 0.266 e. The quantitative estimate of drug-likeness (QED) is 0.249. The molecule has 9 heteroatoms. The van der Waals surface area contributed by atoms with E-state index in [-0.39, 0.29) is 12.5 Å². The summed E-state index contributed by atoms with van der Waals surface area (Å²) in [4.78, 5) is 14.9. The molecule has 1 aliphatic heterocycles. The van der Waals surface area contributed by atoms with Gasteiger partial charge in [-0.1, -0.05) is 60.2 Å². The third kappa shape index (κ3) is 5.96. The van der Waals surface area contributed by atoms with Crippen LogP contribution in [0.25, 0.3) is 6.08 Å². The number of hydrogen-bond donors (Lipinski definition) is 0. The molecular weight excluding hydrogens is 541 g/mol. The summed E-state index contributed by atoms with van der Waals surface area (Å²) in [6.45, 7) is 5.26. The monoisotopic (exact) mass is 559 g/mol. The fraction of sp³-hybridized carbons (Fsp3) is 0.273. The second kappa shape index (κ2) is 11.1. The highest BCUT2D eigenvalue weighted by atomic mass is 79.9. The summed E-state index contributed by atoms with van der Waals surface area (Å²) in [5.74, 6) is 1.06. The van der Waals surface area contributed by atoms with Crippen molar-refractivity contribution in [2.45, 2.75) is 26.9 Å². The molecule has 3 rings (SSSR count). The number of halogens is 3. The maximum Gasteiger partial charge on any atom is 0.266 e. The predicted molar refractivity (Wildman–Crippen MR) is 136 cm³/mol. The van der Waals surface area contributed by atoms with Crippen molar-refractivity contribution in [1.82, 2.24) is 4.90 Å². The van der Waals surface area contributed by atoms with Crippen LogP contribution in [-0.2, 0) is 11.4 Å². The van der Waals surface area contributed by atoms with E-state index in [1.807, 2.05) is 38.1 Å². The zero-order valence-corrected chi connectivity index (χ0v) is 21.6. The summed E-state index contributed by atoms with van der Waals surface area (Å²) < 4.78 is 13.1. The Labute approximate surface area is 210 Å². The van der Waals surface area contributed by atoms with Gasteiger partial charge in [-0.15, -0.1) is 0 Å². The van der Waals surface area contributed by atoms with Crippen molar-refractivity contribution in [3.63, 3.8) is 0 Å². The normalized spacial score (nSPS) is 15.1. The Morgan fingerprint density at radius 1 is 1.19 bits per heavy atom. The van der Waals surface area contributed by atoms with Crippen molar-refractivity contribution in [2.24, 2.45) is 0 Å². The Bertz CT molecular complexity index is 1050. The highest BCUT2D eigenvalue weighted by molar-refractivity contribution is 9.10. The fourth-order valence-electron chi connectivity index (χ4n) is 2.93. The lowest BCUT2D eigenvalue weighted by Crippen LogP contribution is -2.28. The Balaban J connectivity index is 1.86. The molecule has 2 aromatic rings. The molecule has 0 aromatic heterocycles. The number of carbonyl (C=O) groups is 1. The molecule has 1 fully saturated rings. The van der Waals surface area contributed by atoms with E-state index in [4.69, 9.17) is 44.9 Å². The minimum Gasteiger partial charge on any atom is -0.490 e. The summed E-state index contributed by atoms with van der Waals surface area (Å²) in [6.07, 6.45) is 2.67. The van der Waals surface area contributed by atoms with E-state index >= 15 is 0 Å². The first-order valence-corrected chi connectivity index (χ1v) is 12.4. The molecule has 1 amide bonds. The molecule has 0 N–H and O–H groups in total. The van der Waals surface area contributed by atoms with Crippen LogP contribution in [0.5, 0.6) is 11.5 Å². The summed E-state index contributed by atoms with van der Waals surface area (Å²) in [7, 11) is 0. The Kier molecular flexibility index (Phi) is 8.70. The molecule has 1 heterocycles. The Morgan fingerprint density at radius 2 is 1.97 bits per heavy atom. The molecule has 0 aliphatic carbocycles. The third-order valence-electron chi connectivity index (χ3n) is 4.34. The molecule has 4 nitrogen and oxygen atoms in total. The molecule has 0 atom stereocenters. The number of carbonyl (C=O) groups excluding carboxylic acids is 1. The molecule has 0 unspecified atom stereocenters. The van der Waals surface area contributed by atoms with E-state index in [1.165, 1.54) is 11.8 Å². The van der Waals surface area contributed by atoms with Gasteiger partial charge in [0.25, 0.3) is 5.91 Å². The van der Waals surface area contributed by atoms with Crippen LogP contribution in [0.15, 0.2) is 39.7 Å². The number of benzene rings is 2. The number of nitrogens with zero attached hydrogens (tertiary/aromatic N) is 1. The van der Waals surface area contributed by atoms with Crippen LogP contribution in [0.2, 0.25) is 10.0 Å². The predicted octanol–water partition coefficient (Wildman–Crippen LogP) is 7.34. The van der Waals surface area contributed by atoms with Gasteiger partial charge in [-0.3, -0.25) is 9.69 Å². The number of thiocarbonyl (C=S) groups is 1. The fourth-order valence-corrected chi connectivity index (χ4v) is 5.28. The van der Waals surface area contributed by atoms with E-state index in [0.717, 1.165) is 17.5 Å². The van der Waals surface area contributed by atoms with Gasteiger partial charge in [0.1, 0.15) is 10.9 Å². The molecule has 2 aromatic carbocycles. The number of rotatable bonds is 8. The highest BCUT2D eigenvalue weighted by Crippen LogP contribution is 2.40. The van der Waals surface area contributed by atoms with Crippen molar-refractivity contribution in [3.05, 3.63) is 60.9 Å². The van der Waals surface area contributed by atoms with E-state index in [1.54, 1.807) is 17.0 Å². The van der Waals surface area contributed by atoms with Crippen molar-refractivity contribution < 1.29 is 14.3 Å². The number of hydrogen-bond acceptors (Lipinski definition) is 5. The molecule has 0 bridgehead atoms. The average Bonchev–Trinajstić information content (AvgIpc) is 2.96. The van der Waals surface area contributed by atoms with Crippen molar-refractivity contribution in [2.75, 3.05) is 13.2 Å². The van der Waals surface area contributed by atoms with Crippen LogP contribution in [-0.4, -0.2) is 28.3 Å². The van der Waals surface area contributed by atoms with Gasteiger partial charge < -0.3 is 9.47 Å². The topological polar surface area (TPSA) is 38.8 Å². The van der Waals surface area contributed by atoms with Crippen LogP contribution in [0.1, 0.15) is 31.4 Å². The van der Waals surface area contributed by atoms with Crippen LogP contribution in [0.4, 0.5) is 0 Å². The standard InChI is InChI=1S/C22H20BrCl2NO3S2/c1-3-7-26-21(27)19(31-22(26)30)10-13-8-16(23)20(18(9-13)28-4-2)29-12-14-5-6-15(24)11-17(14)25/h5-6,8-11H,3-4,7,12H2,1-2H3/b19-10+. The Hall–Kier alpha value is -1.25. The summed E-state index contributed by atoms with van der Waals surface area (Å²) in [6, 6.07) is 9.00. The van der Waals surface area contributed by atoms with Crippen LogP contribution < -0.4 is 9.47 Å². The SMILES string of the molecule is CCCN1C(=O)/C(=C\c2cc(Br)c(OCc3ccc(Cl)cc3Cl)c(OCC)c2)SC1=S. The molecule has 0 spiro atoms. The van der Waals surface area contributed by atoms with Gasteiger partial charge in [-0.05, 0) is 65.2 Å². The molecule has 164 valence electrons. The molecule has 1 aliphatic rings. The van der Waals surface area contributed by atoms with Crippen molar-refractivity contribution in [1.29, 1.82) is 0 Å². The molecule has 1 saturated heterocycles. The average molecular weight is 561 g/mol. The second-order valence-electron chi connectivity index (χ2n) is 6.62. The summed E-state index contributed by atoms with van der Waals surface area (Å²) in [5, 5.41) is 1.10. The zero-order valence-electron chi connectivity index (χ0n) is 16.9. The van der Waals surface area contributed by atoms with Gasteiger partial charge in [-0.2, -0.15) is 0 Å². The zero-order chi connectivity index (χ0) is 22.5. The van der Waals surface area contributed by atoms with E-state index in [9.17, 15) is 4.79 Å². The number of ether oxygens (including phenoxy) is 2. The van der Waals surface area contributed by atoms with Crippen LogP contribution >= 0.6 is 63.1 Å². The maximum atomic E-state index is 12.6. The van der Waals surface area contributed by atoms with Crippen LogP contribution in [0.3, 0.4) is 0 Å². The summed E-state index contributed by atoms with van der Waals surface area (Å²) in [5.41, 5.74) is 1.62. The minimum atomic E-state index is -0.0661. The van der Waals surface area contributed by atoms with Crippen molar-refractivity contribution in [3.8, 4) is 11.5 Å². The van der Waals surface area contributed by atoms with Gasteiger partial charge in [0.05, 0.1) is 16.0 Å². The van der Waals surface area contributed by atoms with Gasteiger partial charge in [0, 0.05) is 22.2 Å². The first-order chi connectivity index (χ1) is 14.8. The molecule has 31 heavy (non-hydrogen) atoms. The highest BCUT2D eigenvalue weighted by Gasteiger charge is 2.31. The summed E-state index contributed by atoms with van der Waals surface area (Å²) >= 11 is 22.4. The molecule has 0 radical (unpaired) electrons. The molecule has 0 saturated carbocycles. The number of thioether (sulfide) groups is 1. The van der Waals surface area contributed by atoms with E-state index in [0.29, 0.717) is 48.4 Å². The van der Waals surface area contributed by atoms with Gasteiger partial charge in [-0.25, -0.2) is 0 Å². The number of amides is 1. The van der Waals surface area contributed by atoms with Crippen LogP contribution in [0, 0.1) is 0 Å². The third-order valence-corrected chi connectivity index (χ3v) is 6.89. The van der Waals surface area contributed by atoms with Gasteiger partial charge in [0.2, 0.25) is 0 Å². The lowest BCUT2D eigenvalue weighted by Gasteiger charge is -2.15. The van der Waals surface area contributed by atoms with Crippen molar-refractivity contribution >= 4 is 79.4 Å². The lowest BCUT2D eigenvalue weighted by atomic mass is 10.1. The minimum absolute atomic E-state index is 0.0661. The van der Waals surface area contributed by atoms with Gasteiger partial charge in [0.15, 0.2) is 11.5 Å². The van der Waals surface area contributed by atoms with E-state index in [2.05, 4.69) is 15.9 Å². The maximum absolute atomic E-state index is 12.6. The first-order valence-electron chi connectivity index (χ1n) is 9.62.